The molecule has 17 heavy (non-hydrogen) atoms. The van der Waals surface area contributed by atoms with Crippen LogP contribution in [0, 0.1) is 0 Å². The molecule has 1 aliphatic rings. The van der Waals surface area contributed by atoms with Crippen molar-refractivity contribution in [2.75, 3.05) is 19.6 Å². The lowest BCUT2D eigenvalue weighted by Gasteiger charge is -2.22. The maximum atomic E-state index is 11.7. The van der Waals surface area contributed by atoms with Crippen LogP contribution in [0.25, 0.3) is 0 Å². The van der Waals surface area contributed by atoms with E-state index in [1.807, 2.05) is 0 Å². The number of carbonyl (C=O) groups is 1. The highest BCUT2D eigenvalue weighted by Crippen LogP contribution is 2.12. The van der Waals surface area contributed by atoms with Crippen molar-refractivity contribution < 1.29 is 4.79 Å². The van der Waals surface area contributed by atoms with E-state index in [2.05, 4.69) is 50.2 Å². The molecule has 100 valence electrons. The average Bonchev–Trinajstić information content (AvgIpc) is 2.62. The molecule has 0 aromatic carbocycles. The van der Waals surface area contributed by atoms with Gasteiger partial charge in [0.05, 0.1) is 6.54 Å². The molecule has 2 N–H and O–H groups in total. The minimum absolute atomic E-state index is 0.00299. The first kappa shape index (κ1) is 14.5. The van der Waals surface area contributed by atoms with E-state index in [1.165, 1.54) is 0 Å². The molecule has 0 radical (unpaired) electrons. The number of likely N-dealkylation sites (tertiary alicyclic amines) is 1. The van der Waals surface area contributed by atoms with Crippen molar-refractivity contribution in [2.45, 2.75) is 58.7 Å². The summed E-state index contributed by atoms with van der Waals surface area (Å²) in [4.78, 5) is 14.1. The fourth-order valence-corrected chi connectivity index (χ4v) is 2.00. The molecule has 1 atom stereocenters. The molecule has 1 rings (SSSR count). The molecule has 1 heterocycles. The van der Waals surface area contributed by atoms with Crippen molar-refractivity contribution in [3.63, 3.8) is 0 Å². The molecule has 4 heteroatoms. The van der Waals surface area contributed by atoms with Crippen LogP contribution >= 0.6 is 0 Å². The highest BCUT2D eigenvalue weighted by Gasteiger charge is 2.25. The third-order valence-corrected chi connectivity index (χ3v) is 3.09. The van der Waals surface area contributed by atoms with E-state index >= 15 is 0 Å². The van der Waals surface area contributed by atoms with Crippen LogP contribution < -0.4 is 10.6 Å². The summed E-state index contributed by atoms with van der Waals surface area (Å²) in [6, 6.07) is 0.899. The summed E-state index contributed by atoms with van der Waals surface area (Å²) in [6.07, 6.45) is 1.07. The van der Waals surface area contributed by atoms with E-state index in [0.29, 0.717) is 18.6 Å². The van der Waals surface area contributed by atoms with E-state index in [4.69, 9.17) is 0 Å². The number of hydrogen-bond donors (Lipinski definition) is 2. The lowest BCUT2D eigenvalue weighted by atomic mass is 10.1. The standard InChI is InChI=1S/C13H27N3O/c1-10(2)16-7-6-11(9-16)15-12(17)8-14-13(3,4)5/h10-11,14H,6-9H2,1-5H3,(H,15,17)/t11-/m1/s1. The first-order valence-electron chi connectivity index (χ1n) is 6.56. The van der Waals surface area contributed by atoms with Crippen molar-refractivity contribution in [3.05, 3.63) is 0 Å². The summed E-state index contributed by atoms with van der Waals surface area (Å²) in [5.74, 6) is 0.107. The molecular weight excluding hydrogens is 214 g/mol. The van der Waals surface area contributed by atoms with Crippen LogP contribution in [0.3, 0.4) is 0 Å². The largest absolute Gasteiger partial charge is 0.351 e. The molecule has 0 aromatic rings. The number of nitrogens with zero attached hydrogens (tertiary/aromatic N) is 1. The van der Waals surface area contributed by atoms with Gasteiger partial charge in [-0.05, 0) is 41.0 Å². The van der Waals surface area contributed by atoms with Crippen molar-refractivity contribution in [2.24, 2.45) is 0 Å². The Morgan fingerprint density at radius 3 is 2.53 bits per heavy atom. The second-order valence-corrected chi connectivity index (χ2v) is 6.25. The van der Waals surface area contributed by atoms with Crippen molar-refractivity contribution in [3.8, 4) is 0 Å². The molecule has 4 nitrogen and oxygen atoms in total. The Morgan fingerprint density at radius 1 is 1.41 bits per heavy atom. The normalized spacial score (nSPS) is 22.1. The van der Waals surface area contributed by atoms with Gasteiger partial charge in [0.2, 0.25) is 5.91 Å². The minimum Gasteiger partial charge on any atom is -0.351 e. The van der Waals surface area contributed by atoms with E-state index in [-0.39, 0.29) is 11.4 Å². The number of amides is 1. The van der Waals surface area contributed by atoms with Crippen LogP contribution in [0.5, 0.6) is 0 Å². The van der Waals surface area contributed by atoms with Crippen LogP contribution in [-0.2, 0) is 4.79 Å². The van der Waals surface area contributed by atoms with Crippen molar-refractivity contribution >= 4 is 5.91 Å². The van der Waals surface area contributed by atoms with Gasteiger partial charge in [-0.3, -0.25) is 9.69 Å². The summed E-state index contributed by atoms with van der Waals surface area (Å²) < 4.78 is 0. The summed E-state index contributed by atoms with van der Waals surface area (Å²) in [5.41, 5.74) is -0.00299. The van der Waals surface area contributed by atoms with E-state index in [0.717, 1.165) is 19.5 Å². The van der Waals surface area contributed by atoms with Crippen LogP contribution in [0.4, 0.5) is 0 Å². The topological polar surface area (TPSA) is 44.4 Å². The lowest BCUT2D eigenvalue weighted by molar-refractivity contribution is -0.121. The van der Waals surface area contributed by atoms with Gasteiger partial charge in [0.1, 0.15) is 0 Å². The molecule has 0 saturated carbocycles. The van der Waals surface area contributed by atoms with Gasteiger partial charge < -0.3 is 10.6 Å². The quantitative estimate of drug-likeness (QED) is 0.771. The highest BCUT2D eigenvalue weighted by atomic mass is 16.2. The number of carbonyl (C=O) groups excluding carboxylic acids is 1. The van der Waals surface area contributed by atoms with Gasteiger partial charge >= 0.3 is 0 Å². The van der Waals surface area contributed by atoms with Gasteiger partial charge in [0, 0.05) is 30.7 Å². The zero-order valence-electron chi connectivity index (χ0n) is 11.8. The molecule has 1 aliphatic heterocycles. The summed E-state index contributed by atoms with van der Waals surface area (Å²) in [5, 5.41) is 6.30. The molecular formula is C13H27N3O. The highest BCUT2D eigenvalue weighted by molar-refractivity contribution is 5.78. The van der Waals surface area contributed by atoms with E-state index in [9.17, 15) is 4.79 Å². The first-order chi connectivity index (χ1) is 7.78. The fraction of sp³-hybridized carbons (Fsp3) is 0.923. The van der Waals surface area contributed by atoms with Gasteiger partial charge in [-0.1, -0.05) is 0 Å². The van der Waals surface area contributed by atoms with Gasteiger partial charge in [-0.2, -0.15) is 0 Å². The van der Waals surface area contributed by atoms with Gasteiger partial charge in [-0.25, -0.2) is 0 Å². The van der Waals surface area contributed by atoms with Crippen molar-refractivity contribution in [1.29, 1.82) is 0 Å². The Bertz CT molecular complexity index is 258. The van der Waals surface area contributed by atoms with Crippen molar-refractivity contribution in [1.82, 2.24) is 15.5 Å². The minimum atomic E-state index is -0.00299. The van der Waals surface area contributed by atoms with Gasteiger partial charge in [0.15, 0.2) is 0 Å². The zero-order valence-corrected chi connectivity index (χ0v) is 11.8. The Labute approximate surface area is 105 Å². The molecule has 0 aliphatic carbocycles. The molecule has 1 amide bonds. The molecule has 1 fully saturated rings. The Hall–Kier alpha value is -0.610. The summed E-state index contributed by atoms with van der Waals surface area (Å²) >= 11 is 0. The van der Waals surface area contributed by atoms with Gasteiger partial charge in [0.25, 0.3) is 0 Å². The van der Waals surface area contributed by atoms with E-state index < -0.39 is 0 Å². The number of rotatable bonds is 4. The molecule has 0 unspecified atom stereocenters. The fourth-order valence-electron chi connectivity index (χ4n) is 2.00. The summed E-state index contributed by atoms with van der Waals surface area (Å²) in [6.45, 7) is 13.1. The van der Waals surface area contributed by atoms with Gasteiger partial charge in [-0.15, -0.1) is 0 Å². The molecule has 0 bridgehead atoms. The second-order valence-electron chi connectivity index (χ2n) is 6.25. The predicted molar refractivity (Wildman–Crippen MR) is 71.0 cm³/mol. The lowest BCUT2D eigenvalue weighted by Crippen LogP contribution is -2.46. The zero-order chi connectivity index (χ0) is 13.1. The van der Waals surface area contributed by atoms with Crippen LogP contribution in [0.1, 0.15) is 41.0 Å². The monoisotopic (exact) mass is 241 g/mol. The Morgan fingerprint density at radius 2 is 2.06 bits per heavy atom. The third kappa shape index (κ3) is 5.50. The number of hydrogen-bond acceptors (Lipinski definition) is 3. The first-order valence-corrected chi connectivity index (χ1v) is 6.56. The predicted octanol–water partition coefficient (Wildman–Crippen LogP) is 0.973. The average molecular weight is 241 g/mol. The summed E-state index contributed by atoms with van der Waals surface area (Å²) in [7, 11) is 0. The number of nitrogens with one attached hydrogen (secondary N) is 2. The molecule has 0 aromatic heterocycles. The Kier molecular flexibility index (Phi) is 4.95. The third-order valence-electron chi connectivity index (χ3n) is 3.09. The maximum absolute atomic E-state index is 11.7. The van der Waals surface area contributed by atoms with E-state index in [1.54, 1.807) is 0 Å². The second kappa shape index (κ2) is 5.83. The maximum Gasteiger partial charge on any atom is 0.234 e. The molecule has 1 saturated heterocycles. The van der Waals surface area contributed by atoms with Crippen LogP contribution in [-0.4, -0.2) is 48.1 Å². The van der Waals surface area contributed by atoms with Crippen LogP contribution in [0.2, 0.25) is 0 Å². The van der Waals surface area contributed by atoms with Crippen LogP contribution in [0.15, 0.2) is 0 Å². The Balaban J connectivity index is 2.24. The molecule has 0 spiro atoms. The smallest absolute Gasteiger partial charge is 0.234 e. The SMILES string of the molecule is CC(C)N1CC[C@@H](NC(=O)CNC(C)(C)C)C1.